The van der Waals surface area contributed by atoms with E-state index in [9.17, 15) is 9.46 Å². The predicted octanol–water partition coefficient (Wildman–Crippen LogP) is 0.251. The maximum absolute atomic E-state index is 11.6. The van der Waals surface area contributed by atoms with Gasteiger partial charge >= 0.3 is 0 Å². The smallest absolute Gasteiger partial charge is 0.259 e. The second-order valence-corrected chi connectivity index (χ2v) is 5.31. The zero-order chi connectivity index (χ0) is 10.5. The zero-order valence-electron chi connectivity index (χ0n) is 8.27. The topological polar surface area (TPSA) is 79.8 Å². The van der Waals surface area contributed by atoms with E-state index in [1.807, 2.05) is 0 Å². The molecule has 0 fully saturated rings. The third-order valence-corrected chi connectivity index (χ3v) is 3.91. The van der Waals surface area contributed by atoms with E-state index in [1.165, 1.54) is 27.9 Å². The Bertz CT molecular complexity index is 173. The van der Waals surface area contributed by atoms with Crippen molar-refractivity contribution in [2.24, 2.45) is 0 Å². The fraction of sp³-hybridized carbons (Fsp3) is 1.00. The molecule has 3 N–H and O–H groups in total. The summed E-state index contributed by atoms with van der Waals surface area (Å²) in [6.07, 6.45) is 0. The lowest BCUT2D eigenvalue weighted by atomic mass is 10.8. The maximum atomic E-state index is 11.6. The first kappa shape index (κ1) is 13.0. The molecule has 13 heavy (non-hydrogen) atoms. The van der Waals surface area contributed by atoms with Crippen LogP contribution in [0, 0.1) is 0 Å². The number of hydroxylamine groups is 2. The molecule has 0 spiro atoms. The van der Waals surface area contributed by atoms with Crippen molar-refractivity contribution < 1.29 is 19.1 Å². The molecule has 0 saturated heterocycles. The van der Waals surface area contributed by atoms with Crippen molar-refractivity contribution in [1.29, 1.82) is 0 Å². The minimum absolute atomic E-state index is 0.805. The zero-order valence-corrected chi connectivity index (χ0v) is 9.17. The summed E-state index contributed by atoms with van der Waals surface area (Å²) in [4.78, 5) is 19.1. The summed E-state index contributed by atoms with van der Waals surface area (Å²) in [5, 5.41) is 0. The van der Waals surface area contributed by atoms with E-state index in [0.29, 0.717) is 0 Å². The normalized spacial score (nSPS) is 20.7. The molecule has 0 aromatic rings. The fourth-order valence-corrected chi connectivity index (χ4v) is 1.89. The quantitative estimate of drug-likeness (QED) is 0.432. The molecular formula is C6H17N2O4P. The van der Waals surface area contributed by atoms with Gasteiger partial charge in [-0.25, -0.2) is 11.0 Å². The van der Waals surface area contributed by atoms with Crippen LogP contribution in [0.25, 0.3) is 0 Å². The van der Waals surface area contributed by atoms with E-state index in [1.54, 1.807) is 0 Å². The molecule has 0 saturated carbocycles. The summed E-state index contributed by atoms with van der Waals surface area (Å²) in [6, 6.07) is 0. The van der Waals surface area contributed by atoms with Gasteiger partial charge in [-0.2, -0.15) is 0 Å². The van der Waals surface area contributed by atoms with Crippen molar-refractivity contribution in [1.82, 2.24) is 11.0 Å². The molecule has 0 aromatic carbocycles. The fourth-order valence-electron chi connectivity index (χ4n) is 0.788. The minimum atomic E-state index is -3.48. The summed E-state index contributed by atoms with van der Waals surface area (Å²) < 4.78 is 11.6. The monoisotopic (exact) mass is 212 g/mol. The highest BCUT2D eigenvalue weighted by molar-refractivity contribution is 7.59. The van der Waals surface area contributed by atoms with Gasteiger partial charge in [0.05, 0.1) is 0 Å². The van der Waals surface area contributed by atoms with Gasteiger partial charge in [0, 0.05) is 14.1 Å². The Balaban J connectivity index is 4.27. The van der Waals surface area contributed by atoms with Crippen LogP contribution in [0.15, 0.2) is 0 Å². The molecule has 0 rings (SSSR count). The lowest BCUT2D eigenvalue weighted by molar-refractivity contribution is 0.00890. The average Bonchev–Trinajstić information content (AvgIpc) is 2.05. The molecule has 0 amide bonds. The molecular weight excluding hydrogens is 195 g/mol. The third kappa shape index (κ3) is 3.72. The van der Waals surface area contributed by atoms with Crippen LogP contribution in [0.5, 0.6) is 0 Å². The van der Waals surface area contributed by atoms with Gasteiger partial charge in [-0.1, -0.05) is 0 Å². The third-order valence-electron chi connectivity index (χ3n) is 1.62. The summed E-state index contributed by atoms with van der Waals surface area (Å²) in [7, 11) is -0.421. The van der Waals surface area contributed by atoms with E-state index in [-0.39, 0.29) is 0 Å². The van der Waals surface area contributed by atoms with Gasteiger partial charge in [0.25, 0.3) is 7.37 Å². The second-order valence-electron chi connectivity index (χ2n) is 2.52. The van der Waals surface area contributed by atoms with Crippen molar-refractivity contribution in [3.8, 4) is 0 Å². The Morgan fingerprint density at radius 3 is 1.69 bits per heavy atom. The van der Waals surface area contributed by atoms with E-state index < -0.39 is 19.1 Å². The first-order valence-electron chi connectivity index (χ1n) is 3.93. The van der Waals surface area contributed by atoms with Crippen LogP contribution in [0.3, 0.4) is 0 Å². The molecule has 0 aliphatic carbocycles. The van der Waals surface area contributed by atoms with Crippen LogP contribution in [0.2, 0.25) is 0 Å². The Labute approximate surface area is 78.0 Å². The van der Waals surface area contributed by atoms with Crippen LogP contribution in [-0.4, -0.2) is 30.7 Å². The van der Waals surface area contributed by atoms with Crippen molar-refractivity contribution in [2.45, 2.75) is 25.5 Å². The summed E-state index contributed by atoms with van der Waals surface area (Å²) in [5.41, 5.74) is 4.72. The van der Waals surface area contributed by atoms with E-state index >= 15 is 0 Å². The first-order chi connectivity index (χ1) is 5.96. The van der Waals surface area contributed by atoms with Crippen molar-refractivity contribution in [2.75, 3.05) is 14.1 Å². The highest BCUT2D eigenvalue weighted by Gasteiger charge is 2.35. The summed E-state index contributed by atoms with van der Waals surface area (Å²) >= 11 is 0. The van der Waals surface area contributed by atoms with Crippen molar-refractivity contribution in [3.63, 3.8) is 0 Å². The standard InChI is InChI=1S/C6H17N2O4P/c1-5(11-7-3)13(9,10)6(2)12-8-4/h5-8H,1-4H3,(H,9,10). The van der Waals surface area contributed by atoms with Gasteiger partial charge < -0.3 is 4.89 Å². The second kappa shape index (κ2) is 5.70. The van der Waals surface area contributed by atoms with Crippen LogP contribution in [-0.2, 0) is 14.2 Å². The van der Waals surface area contributed by atoms with Crippen LogP contribution < -0.4 is 11.0 Å². The van der Waals surface area contributed by atoms with E-state index in [2.05, 4.69) is 11.0 Å². The average molecular weight is 212 g/mol. The molecule has 6 nitrogen and oxygen atoms in total. The molecule has 0 bridgehead atoms. The molecule has 2 atom stereocenters. The number of rotatable bonds is 6. The van der Waals surface area contributed by atoms with E-state index in [0.717, 1.165) is 0 Å². The van der Waals surface area contributed by atoms with Crippen molar-refractivity contribution in [3.05, 3.63) is 0 Å². The molecule has 2 unspecified atom stereocenters. The first-order valence-corrected chi connectivity index (χ1v) is 5.73. The highest BCUT2D eigenvalue weighted by Crippen LogP contribution is 2.51. The van der Waals surface area contributed by atoms with E-state index in [4.69, 9.17) is 9.68 Å². The molecule has 0 radical (unpaired) electrons. The Kier molecular flexibility index (Phi) is 5.71. The van der Waals surface area contributed by atoms with Gasteiger partial charge in [0.2, 0.25) is 0 Å². The molecule has 0 aliphatic heterocycles. The molecule has 7 heteroatoms. The van der Waals surface area contributed by atoms with Gasteiger partial charge in [0.15, 0.2) is 11.7 Å². The van der Waals surface area contributed by atoms with Gasteiger partial charge in [0.1, 0.15) is 0 Å². The number of hydrogen-bond acceptors (Lipinski definition) is 5. The SMILES string of the molecule is CNOC(C)P(=O)(O)C(C)ONC. The Hall–Kier alpha value is 0.0300. The Morgan fingerprint density at radius 1 is 1.15 bits per heavy atom. The molecule has 0 heterocycles. The van der Waals surface area contributed by atoms with Crippen LogP contribution in [0.4, 0.5) is 0 Å². The lowest BCUT2D eigenvalue weighted by Gasteiger charge is -2.23. The maximum Gasteiger partial charge on any atom is 0.259 e. The van der Waals surface area contributed by atoms with Gasteiger partial charge in [-0.3, -0.25) is 14.2 Å². The summed E-state index contributed by atoms with van der Waals surface area (Å²) in [6.45, 7) is 3.01. The largest absolute Gasteiger partial charge is 0.341 e. The number of nitrogens with one attached hydrogen (secondary N) is 2. The van der Waals surface area contributed by atoms with Gasteiger partial charge in [-0.15, -0.1) is 0 Å². The molecule has 0 aliphatic rings. The predicted molar refractivity (Wildman–Crippen MR) is 49.0 cm³/mol. The van der Waals surface area contributed by atoms with Crippen molar-refractivity contribution >= 4 is 7.37 Å². The highest BCUT2D eigenvalue weighted by atomic mass is 31.2. The van der Waals surface area contributed by atoms with Crippen LogP contribution in [0.1, 0.15) is 13.8 Å². The molecule has 0 aromatic heterocycles. The van der Waals surface area contributed by atoms with Gasteiger partial charge in [-0.05, 0) is 13.8 Å². The minimum Gasteiger partial charge on any atom is -0.341 e. The summed E-state index contributed by atoms with van der Waals surface area (Å²) in [5.74, 6) is -1.61. The lowest BCUT2D eigenvalue weighted by Crippen LogP contribution is -2.26. The number of hydrogen-bond donors (Lipinski definition) is 3. The molecule has 80 valence electrons. The van der Waals surface area contributed by atoms with Crippen LogP contribution >= 0.6 is 7.37 Å². The Morgan fingerprint density at radius 2 is 1.46 bits per heavy atom.